The monoisotopic (exact) mass is 156 g/mol. The lowest BCUT2D eigenvalue weighted by Crippen LogP contribution is -2.25. The Bertz CT molecular complexity index is 142. The molecule has 1 heterocycles. The van der Waals surface area contributed by atoms with Crippen molar-refractivity contribution in [2.75, 3.05) is 6.61 Å². The van der Waals surface area contributed by atoms with Crippen molar-refractivity contribution in [3.05, 3.63) is 0 Å². The second-order valence-corrected chi connectivity index (χ2v) is 3.53. The van der Waals surface area contributed by atoms with Crippen LogP contribution in [0.25, 0.3) is 0 Å². The Morgan fingerprint density at radius 2 is 2.36 bits per heavy atom. The summed E-state index contributed by atoms with van der Waals surface area (Å²) in [5.74, 6) is 0.970. The second-order valence-electron chi connectivity index (χ2n) is 3.53. The van der Waals surface area contributed by atoms with E-state index in [-0.39, 0.29) is 11.9 Å². The largest absolute Gasteiger partial charge is 0.378 e. The van der Waals surface area contributed by atoms with E-state index in [0.29, 0.717) is 6.42 Å². The topological polar surface area (TPSA) is 26.3 Å². The minimum atomic E-state index is 0.205. The van der Waals surface area contributed by atoms with Crippen LogP contribution in [0, 0.1) is 5.92 Å². The molecule has 1 saturated heterocycles. The Morgan fingerprint density at radius 3 is 2.91 bits per heavy atom. The van der Waals surface area contributed by atoms with E-state index < -0.39 is 0 Å². The molecule has 11 heavy (non-hydrogen) atoms. The molecule has 0 aliphatic carbocycles. The molecule has 1 fully saturated rings. The summed E-state index contributed by atoms with van der Waals surface area (Å²) in [5.41, 5.74) is 0. The highest BCUT2D eigenvalue weighted by molar-refractivity contribution is 5.75. The molecule has 0 radical (unpaired) electrons. The molecule has 64 valence electrons. The maximum atomic E-state index is 10.7. The van der Waals surface area contributed by atoms with Gasteiger partial charge in [-0.15, -0.1) is 0 Å². The van der Waals surface area contributed by atoms with Crippen LogP contribution in [0.15, 0.2) is 0 Å². The number of Topliss-reactive ketones (excluding diaryl/α,β-unsaturated/α-hetero) is 1. The molecule has 0 unspecified atom stereocenters. The summed E-state index contributed by atoms with van der Waals surface area (Å²) in [6.45, 7) is 4.68. The molecule has 0 bridgehead atoms. The average Bonchev–Trinajstić information content (AvgIpc) is 1.85. The third-order valence-electron chi connectivity index (χ3n) is 2.14. The van der Waals surface area contributed by atoms with Gasteiger partial charge in [-0.2, -0.15) is 0 Å². The van der Waals surface area contributed by atoms with Crippen LogP contribution in [0.1, 0.15) is 33.1 Å². The van der Waals surface area contributed by atoms with Gasteiger partial charge in [0.15, 0.2) is 0 Å². The number of ether oxygens (including phenoxy) is 1. The van der Waals surface area contributed by atoms with Gasteiger partial charge in [0.2, 0.25) is 0 Å². The molecule has 1 aliphatic rings. The standard InChI is InChI=1S/C9H16O2/c1-7-3-4-11-9(5-7)6-8(2)10/h7,9H,3-6H2,1-2H3/t7-,9+/m0/s1. The summed E-state index contributed by atoms with van der Waals surface area (Å²) in [4.78, 5) is 10.7. The molecule has 0 spiro atoms. The van der Waals surface area contributed by atoms with Crippen molar-refractivity contribution in [2.24, 2.45) is 5.92 Å². The van der Waals surface area contributed by atoms with Gasteiger partial charge in [0.1, 0.15) is 5.78 Å². The zero-order valence-corrected chi connectivity index (χ0v) is 7.30. The smallest absolute Gasteiger partial charge is 0.132 e. The van der Waals surface area contributed by atoms with Gasteiger partial charge in [-0.1, -0.05) is 6.92 Å². The molecule has 0 aromatic heterocycles. The molecule has 0 aromatic rings. The van der Waals surface area contributed by atoms with Gasteiger partial charge in [-0.25, -0.2) is 0 Å². The lowest BCUT2D eigenvalue weighted by molar-refractivity contribution is -0.121. The molecule has 1 aliphatic heterocycles. The van der Waals surface area contributed by atoms with E-state index in [9.17, 15) is 4.79 Å². The van der Waals surface area contributed by atoms with E-state index in [1.165, 1.54) is 0 Å². The Balaban J connectivity index is 2.28. The molecule has 0 amide bonds. The van der Waals surface area contributed by atoms with Gasteiger partial charge in [0, 0.05) is 13.0 Å². The number of hydrogen-bond donors (Lipinski definition) is 0. The van der Waals surface area contributed by atoms with Gasteiger partial charge >= 0.3 is 0 Å². The summed E-state index contributed by atoms with van der Waals surface area (Å²) < 4.78 is 5.44. The van der Waals surface area contributed by atoms with Crippen LogP contribution >= 0.6 is 0 Å². The molecule has 1 rings (SSSR count). The fourth-order valence-corrected chi connectivity index (χ4v) is 1.53. The number of carbonyl (C=O) groups excluding carboxylic acids is 1. The molecule has 0 aromatic carbocycles. The summed E-state index contributed by atoms with van der Waals surface area (Å²) in [5, 5.41) is 0. The summed E-state index contributed by atoms with van der Waals surface area (Å²) in [7, 11) is 0. The Labute approximate surface area is 67.9 Å². The van der Waals surface area contributed by atoms with Crippen molar-refractivity contribution in [1.82, 2.24) is 0 Å². The van der Waals surface area contributed by atoms with Crippen molar-refractivity contribution < 1.29 is 9.53 Å². The predicted molar refractivity (Wildman–Crippen MR) is 43.4 cm³/mol. The SMILES string of the molecule is CC(=O)C[C@H]1C[C@@H](C)CCO1. The summed E-state index contributed by atoms with van der Waals surface area (Å²) in [6.07, 6.45) is 3.01. The molecular formula is C9H16O2. The average molecular weight is 156 g/mol. The number of rotatable bonds is 2. The van der Waals surface area contributed by atoms with Crippen LogP contribution in [0.3, 0.4) is 0 Å². The van der Waals surface area contributed by atoms with Gasteiger partial charge in [-0.05, 0) is 25.7 Å². The molecule has 2 heteroatoms. The Hall–Kier alpha value is -0.370. The van der Waals surface area contributed by atoms with Crippen LogP contribution in [0.4, 0.5) is 0 Å². The van der Waals surface area contributed by atoms with Crippen molar-refractivity contribution in [1.29, 1.82) is 0 Å². The van der Waals surface area contributed by atoms with Crippen molar-refractivity contribution in [3.63, 3.8) is 0 Å². The van der Waals surface area contributed by atoms with E-state index in [4.69, 9.17) is 4.74 Å². The second kappa shape index (κ2) is 3.86. The van der Waals surface area contributed by atoms with Crippen LogP contribution < -0.4 is 0 Å². The van der Waals surface area contributed by atoms with Crippen LogP contribution in [0.2, 0.25) is 0 Å². The fraction of sp³-hybridized carbons (Fsp3) is 0.889. The van der Waals surface area contributed by atoms with Gasteiger partial charge in [0.05, 0.1) is 6.10 Å². The lowest BCUT2D eigenvalue weighted by atomic mass is 9.95. The summed E-state index contributed by atoms with van der Waals surface area (Å²) >= 11 is 0. The molecule has 2 nitrogen and oxygen atoms in total. The molecule has 2 atom stereocenters. The van der Waals surface area contributed by atoms with Gasteiger partial charge in [0.25, 0.3) is 0 Å². The molecule has 0 saturated carbocycles. The molecular weight excluding hydrogens is 140 g/mol. The van der Waals surface area contributed by atoms with Crippen LogP contribution in [0.5, 0.6) is 0 Å². The third kappa shape index (κ3) is 3.02. The zero-order valence-electron chi connectivity index (χ0n) is 7.30. The fourth-order valence-electron chi connectivity index (χ4n) is 1.53. The third-order valence-corrected chi connectivity index (χ3v) is 2.14. The lowest BCUT2D eigenvalue weighted by Gasteiger charge is -2.26. The predicted octanol–water partition coefficient (Wildman–Crippen LogP) is 1.78. The maximum absolute atomic E-state index is 10.7. The van der Waals surface area contributed by atoms with E-state index in [2.05, 4.69) is 6.92 Å². The first kappa shape index (κ1) is 8.72. The van der Waals surface area contributed by atoms with E-state index in [0.717, 1.165) is 25.4 Å². The number of hydrogen-bond acceptors (Lipinski definition) is 2. The van der Waals surface area contributed by atoms with Crippen LogP contribution in [-0.4, -0.2) is 18.5 Å². The normalized spacial score (nSPS) is 31.8. The van der Waals surface area contributed by atoms with Crippen LogP contribution in [-0.2, 0) is 9.53 Å². The van der Waals surface area contributed by atoms with Crippen molar-refractivity contribution in [3.8, 4) is 0 Å². The first-order chi connectivity index (χ1) is 5.18. The van der Waals surface area contributed by atoms with E-state index >= 15 is 0 Å². The minimum absolute atomic E-state index is 0.205. The summed E-state index contributed by atoms with van der Waals surface area (Å²) in [6, 6.07) is 0. The number of ketones is 1. The quantitative estimate of drug-likeness (QED) is 0.609. The highest BCUT2D eigenvalue weighted by Crippen LogP contribution is 2.21. The first-order valence-corrected chi connectivity index (χ1v) is 4.29. The highest BCUT2D eigenvalue weighted by Gasteiger charge is 2.20. The van der Waals surface area contributed by atoms with E-state index in [1.54, 1.807) is 6.92 Å². The van der Waals surface area contributed by atoms with Gasteiger partial charge < -0.3 is 4.74 Å². The zero-order chi connectivity index (χ0) is 8.27. The minimum Gasteiger partial charge on any atom is -0.378 e. The molecule has 0 N–H and O–H groups in total. The number of carbonyl (C=O) groups is 1. The van der Waals surface area contributed by atoms with Crippen molar-refractivity contribution >= 4 is 5.78 Å². The highest BCUT2D eigenvalue weighted by atomic mass is 16.5. The Morgan fingerprint density at radius 1 is 1.64 bits per heavy atom. The van der Waals surface area contributed by atoms with Crippen molar-refractivity contribution in [2.45, 2.75) is 39.2 Å². The maximum Gasteiger partial charge on any atom is 0.132 e. The van der Waals surface area contributed by atoms with E-state index in [1.807, 2.05) is 0 Å². The Kier molecular flexibility index (Phi) is 3.06. The van der Waals surface area contributed by atoms with Gasteiger partial charge in [-0.3, -0.25) is 4.79 Å². The first-order valence-electron chi connectivity index (χ1n) is 4.29.